The Morgan fingerprint density at radius 3 is 2.56 bits per heavy atom. The number of fused-ring (bicyclic) bond motifs is 3. The average molecular weight is 583 g/mol. The van der Waals surface area contributed by atoms with E-state index in [0.29, 0.717) is 49.1 Å². The van der Waals surface area contributed by atoms with Gasteiger partial charge in [0, 0.05) is 18.9 Å². The van der Waals surface area contributed by atoms with E-state index in [1.54, 1.807) is 27.4 Å². The van der Waals surface area contributed by atoms with Crippen molar-refractivity contribution < 1.29 is 33.6 Å². The summed E-state index contributed by atoms with van der Waals surface area (Å²) >= 11 is 2.19. The Balaban J connectivity index is 1.93. The lowest BCUT2D eigenvalue weighted by molar-refractivity contribution is -0.119. The van der Waals surface area contributed by atoms with E-state index in [2.05, 4.69) is 27.9 Å². The Labute approximate surface area is 213 Å². The predicted octanol–water partition coefficient (Wildman–Crippen LogP) is 3.30. The number of allylic oxidation sites excluding steroid dienone is 2. The standard InChI is InChI=1S/C25H30INO7/c1-13(28)27-19-6-5-14-9-21(30-2)24(31-3)25(32-4)22(14)17-10-18(26)23(20(29)11-16(17)19)34-15-7-8-33-12-15/h9-11,15,19-20,29H,5-8,12H2,1-4H3,(H,27,28)/t15-,19-,20-/m0/s1. The van der Waals surface area contributed by atoms with Crippen LogP contribution in [0.1, 0.15) is 30.9 Å². The van der Waals surface area contributed by atoms with Gasteiger partial charge in [-0.05, 0) is 70.4 Å². The van der Waals surface area contributed by atoms with E-state index in [9.17, 15) is 9.90 Å². The molecule has 0 bridgehead atoms. The fourth-order valence-corrected chi connectivity index (χ4v) is 5.50. The van der Waals surface area contributed by atoms with E-state index in [1.165, 1.54) is 6.92 Å². The highest BCUT2D eigenvalue weighted by molar-refractivity contribution is 14.1. The topological polar surface area (TPSA) is 95.5 Å². The molecule has 0 saturated carbocycles. The molecule has 9 heteroatoms. The molecule has 184 valence electrons. The summed E-state index contributed by atoms with van der Waals surface area (Å²) in [5.41, 5.74) is 3.51. The van der Waals surface area contributed by atoms with Crippen LogP contribution in [0.2, 0.25) is 0 Å². The minimum Gasteiger partial charge on any atom is -0.493 e. The molecule has 1 heterocycles. The second kappa shape index (κ2) is 10.6. The number of hydrogen-bond donors (Lipinski definition) is 2. The molecule has 1 amide bonds. The van der Waals surface area contributed by atoms with Crippen molar-refractivity contribution in [2.75, 3.05) is 34.5 Å². The molecule has 1 aliphatic heterocycles. The van der Waals surface area contributed by atoms with Crippen LogP contribution in [0.5, 0.6) is 17.2 Å². The van der Waals surface area contributed by atoms with Gasteiger partial charge < -0.3 is 34.1 Å². The molecule has 3 atom stereocenters. The third-order valence-corrected chi connectivity index (χ3v) is 7.08. The summed E-state index contributed by atoms with van der Waals surface area (Å²) in [7, 11) is 4.76. The number of benzene rings is 1. The van der Waals surface area contributed by atoms with Crippen LogP contribution in [0.3, 0.4) is 0 Å². The van der Waals surface area contributed by atoms with Crippen molar-refractivity contribution in [3.05, 3.63) is 44.3 Å². The molecule has 8 nitrogen and oxygen atoms in total. The molecule has 0 aromatic heterocycles. The number of hydrogen-bond acceptors (Lipinski definition) is 7. The normalized spacial score (nSPS) is 24.1. The van der Waals surface area contributed by atoms with Gasteiger partial charge in [0.2, 0.25) is 11.7 Å². The zero-order valence-electron chi connectivity index (χ0n) is 19.8. The lowest BCUT2D eigenvalue weighted by Crippen LogP contribution is -2.35. The van der Waals surface area contributed by atoms with Crippen LogP contribution in [0.25, 0.3) is 5.57 Å². The van der Waals surface area contributed by atoms with E-state index < -0.39 is 6.10 Å². The first-order valence-corrected chi connectivity index (χ1v) is 12.3. The maximum absolute atomic E-state index is 12.1. The van der Waals surface area contributed by atoms with Gasteiger partial charge in [-0.2, -0.15) is 0 Å². The molecule has 0 unspecified atom stereocenters. The first-order valence-electron chi connectivity index (χ1n) is 11.2. The summed E-state index contributed by atoms with van der Waals surface area (Å²) in [4.78, 5) is 12.1. The minimum absolute atomic E-state index is 0.105. The van der Waals surface area contributed by atoms with Gasteiger partial charge in [-0.1, -0.05) is 0 Å². The number of amides is 1. The largest absolute Gasteiger partial charge is 0.493 e. The molecule has 3 aliphatic rings. The average Bonchev–Trinajstić information content (AvgIpc) is 3.25. The molecule has 1 fully saturated rings. The number of carbonyl (C=O) groups excluding carboxylic acids is 1. The third kappa shape index (κ3) is 4.78. The molecule has 34 heavy (non-hydrogen) atoms. The fourth-order valence-electron chi connectivity index (χ4n) is 4.74. The number of carbonyl (C=O) groups is 1. The van der Waals surface area contributed by atoms with Crippen LogP contribution >= 0.6 is 22.6 Å². The lowest BCUT2D eigenvalue weighted by Gasteiger charge is -2.23. The summed E-state index contributed by atoms with van der Waals surface area (Å²) in [6.07, 6.45) is 4.77. The number of methoxy groups -OCH3 is 3. The number of aliphatic hydroxyl groups excluding tert-OH is 1. The van der Waals surface area contributed by atoms with E-state index in [4.69, 9.17) is 23.7 Å². The van der Waals surface area contributed by atoms with Crippen molar-refractivity contribution >= 4 is 34.1 Å². The lowest BCUT2D eigenvalue weighted by atomic mass is 9.91. The van der Waals surface area contributed by atoms with Crippen LogP contribution < -0.4 is 19.5 Å². The van der Waals surface area contributed by atoms with Gasteiger partial charge in [0.05, 0.1) is 44.2 Å². The maximum atomic E-state index is 12.1. The summed E-state index contributed by atoms with van der Waals surface area (Å²) in [5, 5.41) is 14.3. The minimum atomic E-state index is -0.972. The van der Waals surface area contributed by atoms with Gasteiger partial charge in [-0.15, -0.1) is 0 Å². The van der Waals surface area contributed by atoms with E-state index in [1.807, 2.05) is 12.1 Å². The number of rotatable bonds is 6. The molecular formula is C25H30INO7. The van der Waals surface area contributed by atoms with Gasteiger partial charge in [0.25, 0.3) is 0 Å². The smallest absolute Gasteiger partial charge is 0.217 e. The Morgan fingerprint density at radius 2 is 1.94 bits per heavy atom. The van der Waals surface area contributed by atoms with Crippen molar-refractivity contribution in [2.45, 2.75) is 44.4 Å². The van der Waals surface area contributed by atoms with Crippen LogP contribution in [0.15, 0.2) is 33.1 Å². The molecule has 4 rings (SSSR count). The molecule has 2 N–H and O–H groups in total. The van der Waals surface area contributed by atoms with E-state index in [0.717, 1.165) is 32.3 Å². The SMILES string of the molecule is COc1cc2c(c(OC)c1OC)C1=CC(I)=C(O[C@H]3CCOC3)[C@@H](O)C=C1[C@@H](NC(C)=O)CC2. The van der Waals surface area contributed by atoms with Crippen molar-refractivity contribution in [3.63, 3.8) is 0 Å². The van der Waals surface area contributed by atoms with Gasteiger partial charge in [-0.25, -0.2) is 0 Å². The highest BCUT2D eigenvalue weighted by atomic mass is 127. The van der Waals surface area contributed by atoms with Crippen LogP contribution in [0, 0.1) is 0 Å². The quantitative estimate of drug-likeness (QED) is 0.497. The first-order chi connectivity index (χ1) is 16.4. The second-order valence-electron chi connectivity index (χ2n) is 8.41. The predicted molar refractivity (Wildman–Crippen MR) is 135 cm³/mol. The van der Waals surface area contributed by atoms with Gasteiger partial charge in [0.15, 0.2) is 11.5 Å². The first kappa shape index (κ1) is 24.9. The number of aryl methyl sites for hydroxylation is 1. The van der Waals surface area contributed by atoms with E-state index >= 15 is 0 Å². The van der Waals surface area contributed by atoms with Gasteiger partial charge in [-0.3, -0.25) is 4.79 Å². The Hall–Kier alpha value is -2.24. The molecule has 0 radical (unpaired) electrons. The van der Waals surface area contributed by atoms with Gasteiger partial charge >= 0.3 is 0 Å². The molecule has 1 aromatic carbocycles. The number of aliphatic hydroxyl groups is 1. The summed E-state index contributed by atoms with van der Waals surface area (Å²) in [6, 6.07) is 1.65. The van der Waals surface area contributed by atoms with Crippen LogP contribution in [0.4, 0.5) is 0 Å². The third-order valence-electron chi connectivity index (χ3n) is 6.24. The Bertz CT molecular complexity index is 1060. The molecule has 2 aliphatic carbocycles. The number of nitrogens with one attached hydrogen (secondary N) is 1. The van der Waals surface area contributed by atoms with Crippen molar-refractivity contribution in [1.82, 2.24) is 5.32 Å². The maximum Gasteiger partial charge on any atom is 0.217 e. The van der Waals surface area contributed by atoms with Crippen molar-refractivity contribution in [3.8, 4) is 17.2 Å². The van der Waals surface area contributed by atoms with E-state index in [-0.39, 0.29) is 18.1 Å². The number of ether oxygens (including phenoxy) is 5. The van der Waals surface area contributed by atoms with Crippen LogP contribution in [-0.4, -0.2) is 63.8 Å². The Morgan fingerprint density at radius 1 is 1.18 bits per heavy atom. The molecule has 1 saturated heterocycles. The van der Waals surface area contributed by atoms with Crippen molar-refractivity contribution in [2.24, 2.45) is 0 Å². The molecular weight excluding hydrogens is 553 g/mol. The van der Waals surface area contributed by atoms with Crippen molar-refractivity contribution in [1.29, 1.82) is 0 Å². The van der Waals surface area contributed by atoms with Crippen LogP contribution in [-0.2, 0) is 20.7 Å². The monoisotopic (exact) mass is 583 g/mol. The highest BCUT2D eigenvalue weighted by Crippen LogP contribution is 2.50. The zero-order chi connectivity index (χ0) is 24.4. The molecule has 0 spiro atoms. The van der Waals surface area contributed by atoms with Gasteiger partial charge in [0.1, 0.15) is 18.0 Å². The zero-order valence-corrected chi connectivity index (χ0v) is 21.9. The summed E-state index contributed by atoms with van der Waals surface area (Å²) in [5.74, 6) is 1.95. The fraction of sp³-hybridized carbons (Fsp3) is 0.480. The summed E-state index contributed by atoms with van der Waals surface area (Å²) in [6.45, 7) is 2.64. The molecule has 1 aromatic rings. The summed E-state index contributed by atoms with van der Waals surface area (Å²) < 4.78 is 29.5. The number of halogens is 1. The highest BCUT2D eigenvalue weighted by Gasteiger charge is 2.34. The second-order valence-corrected chi connectivity index (χ2v) is 9.57. The Kier molecular flexibility index (Phi) is 7.73.